The smallest absolute Gasteiger partial charge is 0.252 e. The zero-order valence-corrected chi connectivity index (χ0v) is 14.8. The summed E-state index contributed by atoms with van der Waals surface area (Å²) < 4.78 is 6.01. The van der Waals surface area contributed by atoms with Gasteiger partial charge in [0.05, 0.1) is 11.5 Å². The van der Waals surface area contributed by atoms with E-state index in [1.54, 1.807) is 30.3 Å². The van der Waals surface area contributed by atoms with Crippen LogP contribution in [-0.4, -0.2) is 17.9 Å². The predicted molar refractivity (Wildman–Crippen MR) is 98.8 cm³/mol. The van der Waals surface area contributed by atoms with Crippen molar-refractivity contribution in [3.8, 4) is 5.75 Å². The SMILES string of the molecule is NC(=O)c1cccc2c1OC([C@H](Cc1ccc(Cl)cc1)C(N)=O)CC2N. The van der Waals surface area contributed by atoms with E-state index >= 15 is 0 Å². The van der Waals surface area contributed by atoms with Crippen LogP contribution in [0.25, 0.3) is 0 Å². The maximum Gasteiger partial charge on any atom is 0.252 e. The first kappa shape index (κ1) is 18.2. The number of benzene rings is 2. The fourth-order valence-corrected chi connectivity index (χ4v) is 3.41. The number of hydrogen-bond acceptors (Lipinski definition) is 4. The van der Waals surface area contributed by atoms with Crippen molar-refractivity contribution in [3.05, 3.63) is 64.2 Å². The van der Waals surface area contributed by atoms with Gasteiger partial charge in [-0.2, -0.15) is 0 Å². The third-order valence-corrected chi connectivity index (χ3v) is 4.90. The highest BCUT2D eigenvalue weighted by molar-refractivity contribution is 6.30. The predicted octanol–water partition coefficient (Wildman–Crippen LogP) is 1.93. The van der Waals surface area contributed by atoms with Gasteiger partial charge in [0.1, 0.15) is 11.9 Å². The molecule has 1 heterocycles. The summed E-state index contributed by atoms with van der Waals surface area (Å²) in [5.41, 5.74) is 19.2. The number of halogens is 1. The van der Waals surface area contributed by atoms with E-state index in [4.69, 9.17) is 33.5 Å². The Balaban J connectivity index is 1.91. The largest absolute Gasteiger partial charge is 0.488 e. The van der Waals surface area contributed by atoms with Gasteiger partial charge in [0.15, 0.2) is 0 Å². The van der Waals surface area contributed by atoms with Crippen molar-refractivity contribution in [1.29, 1.82) is 0 Å². The van der Waals surface area contributed by atoms with E-state index in [-0.39, 0.29) is 11.6 Å². The van der Waals surface area contributed by atoms with E-state index in [2.05, 4.69) is 0 Å². The fourth-order valence-electron chi connectivity index (χ4n) is 3.29. The minimum atomic E-state index is -0.608. The first-order chi connectivity index (χ1) is 12.4. The summed E-state index contributed by atoms with van der Waals surface area (Å²) in [6.07, 6.45) is 0.250. The van der Waals surface area contributed by atoms with Crippen LogP contribution >= 0.6 is 11.6 Å². The summed E-state index contributed by atoms with van der Waals surface area (Å²) in [4.78, 5) is 23.8. The Morgan fingerprint density at radius 1 is 1.15 bits per heavy atom. The molecule has 3 rings (SSSR count). The van der Waals surface area contributed by atoms with E-state index in [0.717, 1.165) is 5.56 Å². The zero-order chi connectivity index (χ0) is 18.8. The lowest BCUT2D eigenvalue weighted by Gasteiger charge is -2.34. The van der Waals surface area contributed by atoms with Crippen LogP contribution in [0.2, 0.25) is 5.02 Å². The van der Waals surface area contributed by atoms with Gasteiger partial charge in [0.25, 0.3) is 5.91 Å². The number of carbonyl (C=O) groups excluding carboxylic acids is 2. The molecule has 6 nitrogen and oxygen atoms in total. The Bertz CT molecular complexity index is 838. The molecule has 2 unspecified atom stereocenters. The van der Waals surface area contributed by atoms with E-state index in [9.17, 15) is 9.59 Å². The molecule has 0 aliphatic carbocycles. The lowest BCUT2D eigenvalue weighted by atomic mass is 9.85. The summed E-state index contributed by atoms with van der Waals surface area (Å²) in [6.45, 7) is 0. The first-order valence-electron chi connectivity index (χ1n) is 8.25. The molecule has 136 valence electrons. The topological polar surface area (TPSA) is 121 Å². The van der Waals surface area contributed by atoms with Crippen LogP contribution in [0.15, 0.2) is 42.5 Å². The molecule has 3 atom stereocenters. The van der Waals surface area contributed by atoms with Crippen LogP contribution in [0.3, 0.4) is 0 Å². The molecule has 1 aliphatic heterocycles. The van der Waals surface area contributed by atoms with Crippen LogP contribution in [0, 0.1) is 5.92 Å². The van der Waals surface area contributed by atoms with Crippen molar-refractivity contribution in [1.82, 2.24) is 0 Å². The standard InChI is InChI=1S/C19H20ClN3O3/c20-11-6-4-10(5-7-11)8-14(19(23)25)16-9-15(21)12-2-1-3-13(18(22)24)17(12)26-16/h1-7,14-16H,8-9,21H2,(H2,22,24)(H2,23,25)/t14-,15?,16?/m0/s1. The molecule has 2 aromatic rings. The highest BCUT2D eigenvalue weighted by atomic mass is 35.5. The van der Waals surface area contributed by atoms with Gasteiger partial charge in [0, 0.05) is 23.0 Å². The number of fused-ring (bicyclic) bond motifs is 1. The number of rotatable bonds is 5. The van der Waals surface area contributed by atoms with Gasteiger partial charge in [-0.05, 0) is 30.2 Å². The molecule has 7 heteroatoms. The summed E-state index contributed by atoms with van der Waals surface area (Å²) in [6, 6.07) is 11.9. The Kier molecular flexibility index (Phi) is 5.15. The lowest BCUT2D eigenvalue weighted by molar-refractivity contribution is -0.125. The second-order valence-corrected chi connectivity index (χ2v) is 6.86. The Labute approximate surface area is 156 Å². The quantitative estimate of drug-likeness (QED) is 0.741. The maximum absolute atomic E-state index is 12.1. The summed E-state index contributed by atoms with van der Waals surface area (Å²) in [7, 11) is 0. The van der Waals surface area contributed by atoms with Gasteiger partial charge in [-0.3, -0.25) is 9.59 Å². The number of hydrogen-bond donors (Lipinski definition) is 3. The maximum atomic E-state index is 12.1. The van der Waals surface area contributed by atoms with E-state index in [1.165, 1.54) is 0 Å². The van der Waals surface area contributed by atoms with Crippen molar-refractivity contribution in [2.45, 2.75) is 25.0 Å². The van der Waals surface area contributed by atoms with Crippen molar-refractivity contribution in [3.63, 3.8) is 0 Å². The van der Waals surface area contributed by atoms with Crippen LogP contribution in [0.4, 0.5) is 0 Å². The Morgan fingerprint density at radius 3 is 2.46 bits per heavy atom. The first-order valence-corrected chi connectivity index (χ1v) is 8.63. The molecule has 2 amide bonds. The average Bonchev–Trinajstić information content (AvgIpc) is 2.60. The van der Waals surface area contributed by atoms with Gasteiger partial charge in [-0.25, -0.2) is 0 Å². The van der Waals surface area contributed by atoms with Crippen molar-refractivity contribution >= 4 is 23.4 Å². The van der Waals surface area contributed by atoms with Gasteiger partial charge in [-0.15, -0.1) is 0 Å². The highest BCUT2D eigenvalue weighted by Gasteiger charge is 2.36. The second-order valence-electron chi connectivity index (χ2n) is 6.43. The molecule has 0 fully saturated rings. The zero-order valence-electron chi connectivity index (χ0n) is 14.0. The van der Waals surface area contributed by atoms with Gasteiger partial charge < -0.3 is 21.9 Å². The van der Waals surface area contributed by atoms with Crippen LogP contribution in [0.1, 0.15) is 33.9 Å². The van der Waals surface area contributed by atoms with Crippen LogP contribution in [-0.2, 0) is 11.2 Å². The third kappa shape index (κ3) is 3.66. The number of primary amides is 2. The second kappa shape index (κ2) is 7.35. The highest BCUT2D eigenvalue weighted by Crippen LogP contribution is 2.38. The van der Waals surface area contributed by atoms with Crippen LogP contribution in [0.5, 0.6) is 5.75 Å². The van der Waals surface area contributed by atoms with E-state index in [0.29, 0.717) is 29.2 Å². The molecular formula is C19H20ClN3O3. The van der Waals surface area contributed by atoms with Crippen LogP contribution < -0.4 is 21.9 Å². The monoisotopic (exact) mass is 373 g/mol. The molecule has 1 aliphatic rings. The van der Waals surface area contributed by atoms with E-state index < -0.39 is 23.8 Å². The van der Waals surface area contributed by atoms with E-state index in [1.807, 2.05) is 12.1 Å². The molecule has 0 aromatic heterocycles. The number of para-hydroxylation sites is 1. The molecule has 6 N–H and O–H groups in total. The minimum Gasteiger partial charge on any atom is -0.488 e. The van der Waals surface area contributed by atoms with Crippen molar-refractivity contribution in [2.24, 2.45) is 23.1 Å². The molecule has 0 saturated heterocycles. The Hall–Kier alpha value is -2.57. The third-order valence-electron chi connectivity index (χ3n) is 4.65. The molecule has 0 spiro atoms. The van der Waals surface area contributed by atoms with Gasteiger partial charge in [0.2, 0.25) is 5.91 Å². The molecule has 26 heavy (non-hydrogen) atoms. The number of ether oxygens (including phenoxy) is 1. The average molecular weight is 374 g/mol. The molecule has 2 aromatic carbocycles. The summed E-state index contributed by atoms with van der Waals surface area (Å²) >= 11 is 5.91. The number of carbonyl (C=O) groups is 2. The van der Waals surface area contributed by atoms with Gasteiger partial charge >= 0.3 is 0 Å². The normalized spacial score (nSPS) is 19.9. The van der Waals surface area contributed by atoms with Gasteiger partial charge in [-0.1, -0.05) is 35.9 Å². The van der Waals surface area contributed by atoms with Crippen molar-refractivity contribution in [2.75, 3.05) is 0 Å². The minimum absolute atomic E-state index is 0.248. The number of nitrogens with two attached hydrogens (primary N) is 3. The fraction of sp³-hybridized carbons (Fsp3) is 0.263. The number of amides is 2. The molecular weight excluding hydrogens is 354 g/mol. The van der Waals surface area contributed by atoms with Crippen molar-refractivity contribution < 1.29 is 14.3 Å². The molecule has 0 bridgehead atoms. The molecule has 0 saturated carbocycles. The lowest BCUT2D eigenvalue weighted by Crippen LogP contribution is -2.43. The summed E-state index contributed by atoms with van der Waals surface area (Å²) in [5, 5.41) is 0.611. The summed E-state index contributed by atoms with van der Waals surface area (Å²) in [5.74, 6) is -1.36. The molecule has 0 radical (unpaired) electrons. The Morgan fingerprint density at radius 2 is 1.85 bits per heavy atom.